The minimum atomic E-state index is -0.734. The molecule has 1 N–H and O–H groups in total. The van der Waals surface area contributed by atoms with E-state index in [2.05, 4.69) is 9.97 Å². The molecule has 0 unspecified atom stereocenters. The van der Waals surface area contributed by atoms with E-state index in [1.54, 1.807) is 0 Å². The first-order valence-corrected chi connectivity index (χ1v) is 4.47. The van der Waals surface area contributed by atoms with Gasteiger partial charge in [-0.25, -0.2) is 4.98 Å². The van der Waals surface area contributed by atoms with Crippen molar-refractivity contribution in [1.82, 2.24) is 9.97 Å². The predicted molar refractivity (Wildman–Crippen MR) is 52.2 cm³/mol. The van der Waals surface area contributed by atoms with E-state index in [-0.39, 0.29) is 11.6 Å². The lowest BCUT2D eigenvalue weighted by atomic mass is 10.0. The van der Waals surface area contributed by atoms with Crippen molar-refractivity contribution < 1.29 is 9.59 Å². The highest BCUT2D eigenvalue weighted by Gasteiger charge is 2.25. The van der Waals surface area contributed by atoms with Crippen LogP contribution in [0, 0.1) is 13.8 Å². The SMILES string of the molecule is CC(=O)C(C(C)=O)c1nc(C)c(C)[nH]1. The maximum Gasteiger partial charge on any atom is 0.147 e. The van der Waals surface area contributed by atoms with Crippen LogP contribution < -0.4 is 0 Å². The number of nitrogens with one attached hydrogen (secondary N) is 1. The van der Waals surface area contributed by atoms with E-state index >= 15 is 0 Å². The van der Waals surface area contributed by atoms with Gasteiger partial charge in [-0.05, 0) is 27.7 Å². The number of hydrogen-bond acceptors (Lipinski definition) is 3. The third-order valence-corrected chi connectivity index (χ3v) is 2.23. The van der Waals surface area contributed by atoms with E-state index in [9.17, 15) is 9.59 Å². The number of ketones is 2. The van der Waals surface area contributed by atoms with Gasteiger partial charge in [0.15, 0.2) is 0 Å². The minimum absolute atomic E-state index is 0.175. The summed E-state index contributed by atoms with van der Waals surface area (Å²) in [5.41, 5.74) is 1.72. The monoisotopic (exact) mass is 194 g/mol. The highest BCUT2D eigenvalue weighted by atomic mass is 16.1. The van der Waals surface area contributed by atoms with E-state index in [4.69, 9.17) is 0 Å². The van der Waals surface area contributed by atoms with Crippen LogP contribution in [0.3, 0.4) is 0 Å². The lowest BCUT2D eigenvalue weighted by molar-refractivity contribution is -0.127. The van der Waals surface area contributed by atoms with Crippen LogP contribution in [0.25, 0.3) is 0 Å². The number of aromatic amines is 1. The average Bonchev–Trinajstić information content (AvgIpc) is 2.29. The highest BCUT2D eigenvalue weighted by Crippen LogP contribution is 2.16. The smallest absolute Gasteiger partial charge is 0.147 e. The molecular formula is C10H14N2O2. The number of nitrogens with zero attached hydrogens (tertiary/aromatic N) is 1. The van der Waals surface area contributed by atoms with Crippen molar-refractivity contribution in [2.75, 3.05) is 0 Å². The van der Waals surface area contributed by atoms with Crippen LogP contribution in [0.4, 0.5) is 0 Å². The first kappa shape index (κ1) is 10.6. The fraction of sp³-hybridized carbons (Fsp3) is 0.500. The molecule has 1 aromatic rings. The summed E-state index contributed by atoms with van der Waals surface area (Å²) in [6.45, 7) is 6.51. The van der Waals surface area contributed by atoms with E-state index in [1.807, 2.05) is 13.8 Å². The van der Waals surface area contributed by atoms with Gasteiger partial charge in [-0.3, -0.25) is 9.59 Å². The lowest BCUT2D eigenvalue weighted by Crippen LogP contribution is -2.18. The van der Waals surface area contributed by atoms with Gasteiger partial charge in [0.1, 0.15) is 23.3 Å². The molecule has 76 valence electrons. The van der Waals surface area contributed by atoms with Gasteiger partial charge in [-0.1, -0.05) is 0 Å². The Hall–Kier alpha value is -1.45. The zero-order chi connectivity index (χ0) is 10.9. The third kappa shape index (κ3) is 1.89. The Morgan fingerprint density at radius 1 is 1.21 bits per heavy atom. The van der Waals surface area contributed by atoms with Gasteiger partial charge in [0, 0.05) is 5.69 Å². The molecule has 0 aliphatic carbocycles. The molecule has 0 saturated heterocycles. The molecule has 0 radical (unpaired) electrons. The molecule has 0 aliphatic heterocycles. The first-order valence-electron chi connectivity index (χ1n) is 4.47. The Labute approximate surface area is 82.7 Å². The predicted octanol–water partition coefficient (Wildman–Crippen LogP) is 1.29. The maximum absolute atomic E-state index is 11.2. The van der Waals surface area contributed by atoms with Gasteiger partial charge in [0.05, 0.1) is 5.69 Å². The summed E-state index contributed by atoms with van der Waals surface area (Å²) < 4.78 is 0. The second-order valence-corrected chi connectivity index (χ2v) is 3.49. The van der Waals surface area contributed by atoms with E-state index in [0.29, 0.717) is 5.82 Å². The molecule has 1 heterocycles. The molecule has 4 heteroatoms. The molecule has 14 heavy (non-hydrogen) atoms. The van der Waals surface area contributed by atoms with Crippen LogP contribution in [0.5, 0.6) is 0 Å². The van der Waals surface area contributed by atoms with Gasteiger partial charge in [-0.2, -0.15) is 0 Å². The van der Waals surface area contributed by atoms with Crippen molar-refractivity contribution in [2.24, 2.45) is 0 Å². The number of aromatic nitrogens is 2. The molecule has 0 bridgehead atoms. The Bertz CT molecular complexity index is 346. The van der Waals surface area contributed by atoms with Gasteiger partial charge in [-0.15, -0.1) is 0 Å². The van der Waals surface area contributed by atoms with E-state index in [1.165, 1.54) is 13.8 Å². The fourth-order valence-corrected chi connectivity index (χ4v) is 1.38. The van der Waals surface area contributed by atoms with Crippen molar-refractivity contribution in [3.8, 4) is 0 Å². The molecule has 0 aliphatic rings. The van der Waals surface area contributed by atoms with Gasteiger partial charge < -0.3 is 4.98 Å². The number of H-pyrrole nitrogens is 1. The van der Waals surface area contributed by atoms with E-state index in [0.717, 1.165) is 11.4 Å². The number of imidazole rings is 1. The summed E-state index contributed by atoms with van der Waals surface area (Å²) >= 11 is 0. The Morgan fingerprint density at radius 3 is 2.00 bits per heavy atom. The van der Waals surface area contributed by atoms with Crippen molar-refractivity contribution in [3.63, 3.8) is 0 Å². The summed E-state index contributed by atoms with van der Waals surface area (Å²) in [7, 11) is 0. The summed E-state index contributed by atoms with van der Waals surface area (Å²) in [5, 5.41) is 0. The van der Waals surface area contributed by atoms with Crippen molar-refractivity contribution in [2.45, 2.75) is 33.6 Å². The van der Waals surface area contributed by atoms with Gasteiger partial charge in [0.2, 0.25) is 0 Å². The molecule has 0 aromatic carbocycles. The van der Waals surface area contributed by atoms with Crippen LogP contribution in [0.2, 0.25) is 0 Å². The summed E-state index contributed by atoms with van der Waals surface area (Å²) in [6.07, 6.45) is 0. The summed E-state index contributed by atoms with van der Waals surface area (Å²) in [6, 6.07) is 0. The molecule has 0 saturated carbocycles. The zero-order valence-electron chi connectivity index (χ0n) is 8.84. The van der Waals surface area contributed by atoms with Crippen LogP contribution in [-0.4, -0.2) is 21.5 Å². The van der Waals surface area contributed by atoms with Crippen LogP contribution >= 0.6 is 0 Å². The minimum Gasteiger partial charge on any atom is -0.345 e. The molecule has 0 atom stereocenters. The summed E-state index contributed by atoms with van der Waals surface area (Å²) in [4.78, 5) is 29.6. The summed E-state index contributed by atoms with van der Waals surface area (Å²) in [5.74, 6) is -0.625. The van der Waals surface area contributed by atoms with Crippen molar-refractivity contribution >= 4 is 11.6 Å². The average molecular weight is 194 g/mol. The number of carbonyl (C=O) groups is 2. The number of aryl methyl sites for hydroxylation is 2. The fourth-order valence-electron chi connectivity index (χ4n) is 1.38. The van der Waals surface area contributed by atoms with Crippen LogP contribution in [-0.2, 0) is 9.59 Å². The highest BCUT2D eigenvalue weighted by molar-refractivity contribution is 6.04. The maximum atomic E-state index is 11.2. The standard InChI is InChI=1S/C10H14N2O2/c1-5-6(2)12-10(11-5)9(7(3)13)8(4)14/h9H,1-4H3,(H,11,12). The third-order valence-electron chi connectivity index (χ3n) is 2.23. The Kier molecular flexibility index (Phi) is 2.84. The molecule has 0 spiro atoms. The van der Waals surface area contributed by atoms with Gasteiger partial charge >= 0.3 is 0 Å². The topological polar surface area (TPSA) is 62.8 Å². The quantitative estimate of drug-likeness (QED) is 0.737. The largest absolute Gasteiger partial charge is 0.345 e. The molecule has 0 amide bonds. The van der Waals surface area contributed by atoms with Crippen LogP contribution in [0.15, 0.2) is 0 Å². The lowest BCUT2D eigenvalue weighted by Gasteiger charge is -2.05. The molecule has 4 nitrogen and oxygen atoms in total. The second kappa shape index (κ2) is 3.74. The number of rotatable bonds is 3. The van der Waals surface area contributed by atoms with Crippen molar-refractivity contribution in [3.05, 3.63) is 17.2 Å². The number of hydrogen-bond donors (Lipinski definition) is 1. The number of Topliss-reactive ketones (excluding diaryl/α,β-unsaturated/α-hetero) is 2. The second-order valence-electron chi connectivity index (χ2n) is 3.49. The van der Waals surface area contributed by atoms with Crippen molar-refractivity contribution in [1.29, 1.82) is 0 Å². The normalized spacial score (nSPS) is 10.6. The van der Waals surface area contributed by atoms with Crippen LogP contribution in [0.1, 0.15) is 37.0 Å². The zero-order valence-corrected chi connectivity index (χ0v) is 8.84. The molecule has 1 aromatic heterocycles. The number of carbonyl (C=O) groups excluding carboxylic acids is 2. The van der Waals surface area contributed by atoms with Gasteiger partial charge in [0.25, 0.3) is 0 Å². The first-order chi connectivity index (χ1) is 6.43. The Balaban J connectivity index is 3.12. The molecule has 0 fully saturated rings. The molecule has 1 rings (SSSR count). The van der Waals surface area contributed by atoms with E-state index < -0.39 is 5.92 Å². The Morgan fingerprint density at radius 2 is 1.71 bits per heavy atom. The molecular weight excluding hydrogens is 180 g/mol.